The molecule has 20 heavy (non-hydrogen) atoms. The summed E-state index contributed by atoms with van der Waals surface area (Å²) < 4.78 is 39.6. The molecule has 1 aromatic carbocycles. The molecule has 0 aromatic heterocycles. The molecule has 2 atom stereocenters. The molecular formula is C13H12F3NO3. The summed E-state index contributed by atoms with van der Waals surface area (Å²) in [6.45, 7) is 0. The quantitative estimate of drug-likeness (QED) is 0.894. The van der Waals surface area contributed by atoms with Crippen LogP contribution in [0.5, 0.6) is 0 Å². The van der Waals surface area contributed by atoms with Gasteiger partial charge in [-0.15, -0.1) is 0 Å². The molecule has 1 amide bonds. The molecule has 0 radical (unpaired) electrons. The largest absolute Gasteiger partial charge is 0.481 e. The zero-order valence-electron chi connectivity index (χ0n) is 10.3. The highest BCUT2D eigenvalue weighted by Crippen LogP contribution is 2.26. The highest BCUT2D eigenvalue weighted by atomic mass is 19.1. The highest BCUT2D eigenvalue weighted by Gasteiger charge is 2.34. The lowest BCUT2D eigenvalue weighted by atomic mass is 10.0. The van der Waals surface area contributed by atoms with Crippen LogP contribution in [-0.2, 0) is 4.79 Å². The smallest absolute Gasteiger partial charge is 0.308 e. The maximum atomic E-state index is 13.4. The van der Waals surface area contributed by atoms with Crippen LogP contribution in [0.1, 0.15) is 29.6 Å². The van der Waals surface area contributed by atoms with E-state index in [9.17, 15) is 22.8 Å². The standard InChI is InChI=1S/C13H12F3NO3/c14-6-4-8(15)11(9(16)5-6)12(18)17-10-3-1-2-7(10)13(19)20/h4-5,7,10H,1-3H2,(H,17,18)(H,19,20). The van der Waals surface area contributed by atoms with Crippen molar-refractivity contribution in [1.29, 1.82) is 0 Å². The fourth-order valence-electron chi connectivity index (χ4n) is 2.43. The van der Waals surface area contributed by atoms with E-state index in [-0.39, 0.29) is 0 Å². The first-order valence-electron chi connectivity index (χ1n) is 6.08. The van der Waals surface area contributed by atoms with E-state index < -0.39 is 46.9 Å². The van der Waals surface area contributed by atoms with Crippen LogP contribution in [0.25, 0.3) is 0 Å². The molecular weight excluding hydrogens is 275 g/mol. The van der Waals surface area contributed by atoms with E-state index in [2.05, 4.69) is 5.32 Å². The van der Waals surface area contributed by atoms with Crippen molar-refractivity contribution in [1.82, 2.24) is 5.32 Å². The third-order valence-corrected chi connectivity index (χ3v) is 3.38. The highest BCUT2D eigenvalue weighted by molar-refractivity contribution is 5.95. The van der Waals surface area contributed by atoms with Crippen LogP contribution in [0.4, 0.5) is 13.2 Å². The second kappa shape index (κ2) is 5.52. The van der Waals surface area contributed by atoms with Crippen LogP contribution < -0.4 is 5.32 Å². The molecule has 0 bridgehead atoms. The van der Waals surface area contributed by atoms with Crippen molar-refractivity contribution in [2.75, 3.05) is 0 Å². The van der Waals surface area contributed by atoms with Crippen molar-refractivity contribution >= 4 is 11.9 Å². The van der Waals surface area contributed by atoms with Gasteiger partial charge in [-0.25, -0.2) is 13.2 Å². The molecule has 1 aliphatic rings. The number of carbonyl (C=O) groups excluding carboxylic acids is 1. The number of carbonyl (C=O) groups is 2. The van der Waals surface area contributed by atoms with Gasteiger partial charge in [0.1, 0.15) is 23.0 Å². The lowest BCUT2D eigenvalue weighted by molar-refractivity contribution is -0.142. The number of aliphatic carboxylic acids is 1. The van der Waals surface area contributed by atoms with Crippen molar-refractivity contribution in [3.63, 3.8) is 0 Å². The fourth-order valence-corrected chi connectivity index (χ4v) is 2.43. The predicted molar refractivity (Wildman–Crippen MR) is 62.5 cm³/mol. The first-order valence-corrected chi connectivity index (χ1v) is 6.08. The summed E-state index contributed by atoms with van der Waals surface area (Å²) in [5.74, 6) is -6.66. The zero-order chi connectivity index (χ0) is 14.9. The molecule has 1 saturated carbocycles. The molecule has 2 rings (SSSR count). The Morgan fingerprint density at radius 3 is 2.30 bits per heavy atom. The van der Waals surface area contributed by atoms with E-state index in [4.69, 9.17) is 5.11 Å². The first kappa shape index (κ1) is 14.4. The molecule has 2 N–H and O–H groups in total. The Morgan fingerprint density at radius 1 is 1.15 bits per heavy atom. The minimum atomic E-state index is -1.31. The molecule has 0 spiro atoms. The third-order valence-electron chi connectivity index (χ3n) is 3.38. The topological polar surface area (TPSA) is 66.4 Å². The van der Waals surface area contributed by atoms with Crippen LogP contribution in [0.2, 0.25) is 0 Å². The van der Waals surface area contributed by atoms with E-state index in [1.165, 1.54) is 0 Å². The Balaban J connectivity index is 2.19. The molecule has 0 saturated heterocycles. The Morgan fingerprint density at radius 2 is 1.75 bits per heavy atom. The number of carboxylic acids is 1. The van der Waals surface area contributed by atoms with E-state index in [1.807, 2.05) is 0 Å². The van der Waals surface area contributed by atoms with Gasteiger partial charge in [0.25, 0.3) is 5.91 Å². The van der Waals surface area contributed by atoms with E-state index >= 15 is 0 Å². The Kier molecular flexibility index (Phi) is 3.96. The Bertz CT molecular complexity index is 539. The van der Waals surface area contributed by atoms with Crippen molar-refractivity contribution in [2.24, 2.45) is 5.92 Å². The van der Waals surface area contributed by atoms with Gasteiger partial charge in [0.2, 0.25) is 0 Å². The van der Waals surface area contributed by atoms with Gasteiger partial charge in [-0.3, -0.25) is 9.59 Å². The van der Waals surface area contributed by atoms with Gasteiger partial charge in [-0.05, 0) is 12.8 Å². The minimum Gasteiger partial charge on any atom is -0.481 e. The zero-order valence-corrected chi connectivity index (χ0v) is 10.3. The SMILES string of the molecule is O=C(NC1CCCC1C(=O)O)c1c(F)cc(F)cc1F. The second-order valence-electron chi connectivity index (χ2n) is 4.70. The molecule has 7 heteroatoms. The molecule has 1 aliphatic carbocycles. The predicted octanol–water partition coefficient (Wildman–Crippen LogP) is 2.09. The summed E-state index contributed by atoms with van der Waals surface area (Å²) in [5.41, 5.74) is -0.901. The van der Waals surface area contributed by atoms with Gasteiger partial charge in [-0.1, -0.05) is 6.42 Å². The van der Waals surface area contributed by atoms with E-state index in [0.29, 0.717) is 31.4 Å². The number of rotatable bonds is 3. The minimum absolute atomic E-state index is 0.397. The molecule has 1 aromatic rings. The van der Waals surface area contributed by atoms with Gasteiger partial charge in [-0.2, -0.15) is 0 Å². The number of nitrogens with one attached hydrogen (secondary N) is 1. The Labute approximate surface area is 112 Å². The molecule has 0 aliphatic heterocycles. The maximum Gasteiger partial charge on any atom is 0.308 e. The molecule has 1 fully saturated rings. The molecule has 2 unspecified atom stereocenters. The fraction of sp³-hybridized carbons (Fsp3) is 0.385. The van der Waals surface area contributed by atoms with E-state index in [1.54, 1.807) is 0 Å². The number of amides is 1. The summed E-state index contributed by atoms with van der Waals surface area (Å²) >= 11 is 0. The number of halogens is 3. The van der Waals surface area contributed by atoms with Gasteiger partial charge in [0.15, 0.2) is 0 Å². The van der Waals surface area contributed by atoms with Gasteiger partial charge < -0.3 is 10.4 Å². The van der Waals surface area contributed by atoms with Gasteiger partial charge in [0, 0.05) is 18.2 Å². The van der Waals surface area contributed by atoms with Crippen molar-refractivity contribution in [3.8, 4) is 0 Å². The summed E-state index contributed by atoms with van der Waals surface area (Å²) in [6.07, 6.45) is 1.43. The van der Waals surface area contributed by atoms with Gasteiger partial charge >= 0.3 is 5.97 Å². The van der Waals surface area contributed by atoms with Gasteiger partial charge in [0.05, 0.1) is 5.92 Å². The first-order chi connectivity index (χ1) is 9.40. The normalized spacial score (nSPS) is 21.8. The van der Waals surface area contributed by atoms with Crippen LogP contribution in [-0.4, -0.2) is 23.0 Å². The average Bonchev–Trinajstić information content (AvgIpc) is 2.75. The number of hydrogen-bond acceptors (Lipinski definition) is 2. The maximum absolute atomic E-state index is 13.4. The van der Waals surface area contributed by atoms with Crippen LogP contribution in [0.3, 0.4) is 0 Å². The van der Waals surface area contributed by atoms with Crippen LogP contribution >= 0.6 is 0 Å². The summed E-state index contributed by atoms with van der Waals surface area (Å²) in [5, 5.41) is 11.3. The second-order valence-corrected chi connectivity index (χ2v) is 4.70. The summed E-state index contributed by atoms with van der Waals surface area (Å²) in [7, 11) is 0. The van der Waals surface area contributed by atoms with Crippen LogP contribution in [0.15, 0.2) is 12.1 Å². The molecule has 4 nitrogen and oxygen atoms in total. The monoisotopic (exact) mass is 287 g/mol. The van der Waals surface area contributed by atoms with Crippen molar-refractivity contribution < 1.29 is 27.9 Å². The van der Waals surface area contributed by atoms with Crippen molar-refractivity contribution in [2.45, 2.75) is 25.3 Å². The van der Waals surface area contributed by atoms with Crippen molar-refractivity contribution in [3.05, 3.63) is 35.1 Å². The van der Waals surface area contributed by atoms with Crippen LogP contribution in [0, 0.1) is 23.4 Å². The number of hydrogen-bond donors (Lipinski definition) is 2. The van der Waals surface area contributed by atoms with E-state index in [0.717, 1.165) is 0 Å². The number of benzene rings is 1. The average molecular weight is 287 g/mol. The molecule has 108 valence electrons. The lowest BCUT2D eigenvalue weighted by Gasteiger charge is -2.18. The third kappa shape index (κ3) is 2.76. The summed E-state index contributed by atoms with van der Waals surface area (Å²) in [4.78, 5) is 22.8. The summed E-state index contributed by atoms with van der Waals surface area (Å²) in [6, 6.07) is 0.131. The number of carboxylic acid groups (broad SMARTS) is 1. The Hall–Kier alpha value is -2.05. The molecule has 0 heterocycles. The lowest BCUT2D eigenvalue weighted by Crippen LogP contribution is -2.40.